The van der Waals surface area contributed by atoms with E-state index in [1.54, 1.807) is 6.07 Å². The van der Waals surface area contributed by atoms with Gasteiger partial charge in [0, 0.05) is 38.1 Å². The summed E-state index contributed by atoms with van der Waals surface area (Å²) in [7, 11) is -6.94. The van der Waals surface area contributed by atoms with Crippen LogP contribution in [0.5, 0.6) is 0 Å². The molecule has 22 heavy (non-hydrogen) atoms. The van der Waals surface area contributed by atoms with Crippen molar-refractivity contribution >= 4 is 20.0 Å². The molecule has 9 heteroatoms. The smallest absolute Gasteiger partial charge is 0.244 e. The first kappa shape index (κ1) is 15.9. The number of piperidine rings is 1. The number of sulfonamides is 2. The van der Waals surface area contributed by atoms with E-state index in [9.17, 15) is 16.8 Å². The summed E-state index contributed by atoms with van der Waals surface area (Å²) in [6.45, 7) is 0.997. The SMILES string of the molecule is CS(=O)(=O)N1C[C@@H]2CC[C@H](C1)N(S(=O)(=O)c1cccnc1)C2. The van der Waals surface area contributed by atoms with Crippen LogP contribution in [-0.2, 0) is 20.0 Å². The van der Waals surface area contributed by atoms with Gasteiger partial charge in [0.05, 0.1) is 6.26 Å². The molecule has 2 bridgehead atoms. The lowest BCUT2D eigenvalue weighted by atomic mass is 9.97. The first-order valence-corrected chi connectivity index (χ1v) is 10.4. The first-order valence-electron chi connectivity index (χ1n) is 7.15. The van der Waals surface area contributed by atoms with Crippen molar-refractivity contribution in [1.82, 2.24) is 13.6 Å². The highest BCUT2D eigenvalue weighted by Crippen LogP contribution is 2.32. The molecular formula is C13H19N3O4S2. The third-order valence-corrected chi connectivity index (χ3v) is 7.48. The van der Waals surface area contributed by atoms with Gasteiger partial charge in [-0.2, -0.15) is 4.31 Å². The van der Waals surface area contributed by atoms with E-state index in [1.807, 2.05) is 0 Å². The van der Waals surface area contributed by atoms with Gasteiger partial charge in [0.1, 0.15) is 4.90 Å². The number of hydrogen-bond donors (Lipinski definition) is 0. The number of fused-ring (bicyclic) bond motifs is 4. The van der Waals surface area contributed by atoms with Crippen molar-refractivity contribution in [2.24, 2.45) is 5.92 Å². The molecule has 0 aliphatic carbocycles. The van der Waals surface area contributed by atoms with Crippen molar-refractivity contribution in [3.8, 4) is 0 Å². The van der Waals surface area contributed by atoms with E-state index in [4.69, 9.17) is 0 Å². The van der Waals surface area contributed by atoms with E-state index in [2.05, 4.69) is 4.98 Å². The molecule has 7 nitrogen and oxygen atoms in total. The molecule has 0 unspecified atom stereocenters. The maximum atomic E-state index is 12.8. The average molecular weight is 345 g/mol. The van der Waals surface area contributed by atoms with Gasteiger partial charge in [-0.25, -0.2) is 21.1 Å². The van der Waals surface area contributed by atoms with Crippen LogP contribution in [-0.4, -0.2) is 62.4 Å². The maximum Gasteiger partial charge on any atom is 0.244 e. The van der Waals surface area contributed by atoms with E-state index in [-0.39, 0.29) is 23.4 Å². The van der Waals surface area contributed by atoms with Gasteiger partial charge in [0.25, 0.3) is 0 Å². The predicted octanol–water partition coefficient (Wildman–Crippen LogP) is 0.126. The standard InChI is InChI=1S/C13H19N3O4S2/c1-21(17,18)15-8-11-4-5-12(10-15)16(9-11)22(19,20)13-3-2-6-14-7-13/h2-3,6-7,11-12H,4-5,8-10H2,1H3/t11-,12+/m0/s1. The average Bonchev–Trinajstić information content (AvgIpc) is 2.80. The number of nitrogens with zero attached hydrogens (tertiary/aromatic N) is 3. The van der Waals surface area contributed by atoms with Crippen LogP contribution >= 0.6 is 0 Å². The molecule has 2 atom stereocenters. The molecule has 122 valence electrons. The molecule has 1 aromatic heterocycles. The third kappa shape index (κ3) is 2.90. The molecule has 3 saturated heterocycles. The lowest BCUT2D eigenvalue weighted by Crippen LogP contribution is -2.47. The monoisotopic (exact) mass is 345 g/mol. The highest BCUT2D eigenvalue weighted by Gasteiger charge is 2.43. The van der Waals surface area contributed by atoms with Crippen molar-refractivity contribution in [3.05, 3.63) is 24.5 Å². The van der Waals surface area contributed by atoms with Gasteiger partial charge >= 0.3 is 0 Å². The summed E-state index contributed by atoms with van der Waals surface area (Å²) < 4.78 is 52.1. The molecule has 0 spiro atoms. The second kappa shape index (κ2) is 5.55. The Morgan fingerprint density at radius 2 is 1.91 bits per heavy atom. The molecule has 0 radical (unpaired) electrons. The van der Waals surface area contributed by atoms with E-state index >= 15 is 0 Å². The molecule has 3 fully saturated rings. The molecule has 0 amide bonds. The van der Waals surface area contributed by atoms with Gasteiger partial charge in [-0.1, -0.05) is 0 Å². The Kier molecular flexibility index (Phi) is 4.00. The van der Waals surface area contributed by atoms with Crippen LogP contribution < -0.4 is 0 Å². The fourth-order valence-corrected chi connectivity index (χ4v) is 5.81. The number of pyridine rings is 1. The van der Waals surface area contributed by atoms with Crippen molar-refractivity contribution in [2.45, 2.75) is 23.8 Å². The molecule has 1 aromatic rings. The number of hydrogen-bond acceptors (Lipinski definition) is 5. The Hall–Kier alpha value is -1.03. The molecule has 3 aliphatic rings. The highest BCUT2D eigenvalue weighted by molar-refractivity contribution is 7.89. The van der Waals surface area contributed by atoms with Crippen molar-refractivity contribution in [3.63, 3.8) is 0 Å². The van der Waals surface area contributed by atoms with Crippen LogP contribution in [0, 0.1) is 5.92 Å². The van der Waals surface area contributed by atoms with E-state index in [1.165, 1.54) is 33.3 Å². The van der Waals surface area contributed by atoms with Crippen molar-refractivity contribution in [2.75, 3.05) is 25.9 Å². The van der Waals surface area contributed by atoms with Crippen LogP contribution in [0.4, 0.5) is 0 Å². The summed E-state index contributed by atoms with van der Waals surface area (Å²) >= 11 is 0. The zero-order valence-corrected chi connectivity index (χ0v) is 13.9. The largest absolute Gasteiger partial charge is 0.263 e. The fraction of sp³-hybridized carbons (Fsp3) is 0.615. The minimum Gasteiger partial charge on any atom is -0.263 e. The quantitative estimate of drug-likeness (QED) is 0.777. The molecule has 0 aromatic carbocycles. The first-order chi connectivity index (χ1) is 10.3. The lowest BCUT2D eigenvalue weighted by Gasteiger charge is -2.34. The van der Waals surface area contributed by atoms with Crippen LogP contribution in [0.25, 0.3) is 0 Å². The summed E-state index contributed by atoms with van der Waals surface area (Å²) in [4.78, 5) is 4.03. The van der Waals surface area contributed by atoms with Crippen LogP contribution in [0.15, 0.2) is 29.4 Å². The van der Waals surface area contributed by atoms with Crippen LogP contribution in [0.1, 0.15) is 12.8 Å². The molecule has 4 heterocycles. The van der Waals surface area contributed by atoms with Gasteiger partial charge in [0.2, 0.25) is 20.0 Å². The van der Waals surface area contributed by atoms with E-state index in [0.29, 0.717) is 19.5 Å². The van der Waals surface area contributed by atoms with E-state index < -0.39 is 20.0 Å². The zero-order valence-electron chi connectivity index (χ0n) is 12.3. The second-order valence-electron chi connectivity index (χ2n) is 5.94. The minimum absolute atomic E-state index is 0.0416. The molecule has 0 N–H and O–H groups in total. The number of aromatic nitrogens is 1. The summed E-state index contributed by atoms with van der Waals surface area (Å²) in [6.07, 6.45) is 5.59. The Labute approximate surface area is 131 Å². The Morgan fingerprint density at radius 1 is 1.14 bits per heavy atom. The van der Waals surface area contributed by atoms with Crippen LogP contribution in [0.2, 0.25) is 0 Å². The number of rotatable bonds is 3. The maximum absolute atomic E-state index is 12.8. The Bertz CT molecular complexity index is 749. The van der Waals surface area contributed by atoms with Gasteiger partial charge in [-0.05, 0) is 30.9 Å². The summed E-state index contributed by atoms with van der Waals surface area (Å²) in [5.41, 5.74) is 0. The lowest BCUT2D eigenvalue weighted by molar-refractivity contribution is 0.230. The third-order valence-electron chi connectivity index (χ3n) is 4.34. The molecule has 3 aliphatic heterocycles. The summed E-state index contributed by atoms with van der Waals surface area (Å²) in [5.74, 6) is 0.0416. The summed E-state index contributed by atoms with van der Waals surface area (Å²) in [6, 6.07) is 2.81. The van der Waals surface area contributed by atoms with Gasteiger partial charge in [-0.3, -0.25) is 4.98 Å². The topological polar surface area (TPSA) is 87.7 Å². The van der Waals surface area contributed by atoms with Crippen molar-refractivity contribution in [1.29, 1.82) is 0 Å². The predicted molar refractivity (Wildman–Crippen MR) is 81.1 cm³/mol. The molecule has 0 saturated carbocycles. The zero-order chi connectivity index (χ0) is 16.0. The highest BCUT2D eigenvalue weighted by atomic mass is 32.2. The minimum atomic E-state index is -3.64. The van der Waals surface area contributed by atoms with Gasteiger partial charge in [-0.15, -0.1) is 0 Å². The fourth-order valence-electron chi connectivity index (χ4n) is 3.20. The normalized spacial score (nSPS) is 27.7. The van der Waals surface area contributed by atoms with Crippen LogP contribution in [0.3, 0.4) is 0 Å². The van der Waals surface area contributed by atoms with Gasteiger partial charge < -0.3 is 0 Å². The summed E-state index contributed by atoms with van der Waals surface area (Å²) in [5, 5.41) is 0. The van der Waals surface area contributed by atoms with Crippen molar-refractivity contribution < 1.29 is 16.8 Å². The Balaban J connectivity index is 1.94. The van der Waals surface area contributed by atoms with E-state index in [0.717, 1.165) is 6.42 Å². The second-order valence-corrected chi connectivity index (χ2v) is 9.81. The molecule has 4 rings (SSSR count). The Morgan fingerprint density at radius 3 is 2.55 bits per heavy atom. The van der Waals surface area contributed by atoms with Gasteiger partial charge in [0.15, 0.2) is 0 Å². The molecular weight excluding hydrogens is 326 g/mol.